The fraction of sp³-hybridized carbons (Fsp3) is 1.00. The van der Waals surface area contributed by atoms with Crippen molar-refractivity contribution in [3.63, 3.8) is 0 Å². The van der Waals surface area contributed by atoms with Crippen LogP contribution in [0.25, 0.3) is 0 Å². The molecule has 0 N–H and O–H groups in total. The Labute approximate surface area is 210 Å². The van der Waals surface area contributed by atoms with Gasteiger partial charge in [-0.3, -0.25) is 0 Å². The second kappa shape index (κ2) is 21.3. The quantitative estimate of drug-likeness (QED) is 0.0733. The van der Waals surface area contributed by atoms with Gasteiger partial charge in [-0.15, -0.1) is 0 Å². The molecule has 0 radical (unpaired) electrons. The van der Waals surface area contributed by atoms with Crippen molar-refractivity contribution in [1.82, 2.24) is 0 Å². The zero-order chi connectivity index (χ0) is 24.8. The highest BCUT2D eigenvalue weighted by atomic mass is 28.4. The van der Waals surface area contributed by atoms with Gasteiger partial charge in [-0.2, -0.15) is 0 Å². The van der Waals surface area contributed by atoms with Gasteiger partial charge in [0.2, 0.25) is 0 Å². The van der Waals surface area contributed by atoms with Gasteiger partial charge < -0.3 is 17.8 Å². The molecule has 0 amide bonds. The average Bonchev–Trinajstić information content (AvgIpc) is 2.79. The van der Waals surface area contributed by atoms with Gasteiger partial charge in [0, 0.05) is 21.3 Å². The molecule has 200 valence electrons. The zero-order valence-corrected chi connectivity index (χ0v) is 24.9. The van der Waals surface area contributed by atoms with Crippen molar-refractivity contribution in [2.45, 2.75) is 135 Å². The molecule has 0 aliphatic rings. The Bertz CT molecular complexity index is 408. The van der Waals surface area contributed by atoms with Crippen LogP contribution < -0.4 is 0 Å². The van der Waals surface area contributed by atoms with Crippen molar-refractivity contribution in [3.8, 4) is 0 Å². The van der Waals surface area contributed by atoms with Crippen LogP contribution in [0.4, 0.5) is 0 Å². The van der Waals surface area contributed by atoms with Crippen LogP contribution in [0.1, 0.15) is 129 Å². The number of quaternary nitrogens is 1. The molecule has 0 fully saturated rings. The van der Waals surface area contributed by atoms with E-state index in [4.69, 9.17) is 13.3 Å². The van der Waals surface area contributed by atoms with E-state index in [9.17, 15) is 0 Å². The van der Waals surface area contributed by atoms with Crippen LogP contribution in [-0.2, 0) is 13.3 Å². The van der Waals surface area contributed by atoms with Gasteiger partial charge in [0.25, 0.3) is 0 Å². The number of unbranched alkanes of at least 4 members (excludes halogenated alkanes) is 17. The zero-order valence-electron chi connectivity index (χ0n) is 23.9. The van der Waals surface area contributed by atoms with E-state index in [1.165, 1.54) is 122 Å². The second-order valence-electron chi connectivity index (χ2n) is 11.0. The molecule has 0 aromatic carbocycles. The van der Waals surface area contributed by atoms with Crippen LogP contribution >= 0.6 is 0 Å². The predicted molar refractivity (Wildman–Crippen MR) is 147 cm³/mol. The predicted octanol–water partition coefficient (Wildman–Crippen LogP) is 8.37. The molecule has 0 saturated carbocycles. The second-order valence-corrected chi connectivity index (χ2v) is 14.4. The normalized spacial score (nSPS) is 13.5. The first-order chi connectivity index (χ1) is 15.9. The lowest BCUT2D eigenvalue weighted by Gasteiger charge is -2.37. The lowest BCUT2D eigenvalue weighted by Crippen LogP contribution is -2.53. The van der Waals surface area contributed by atoms with E-state index in [0.29, 0.717) is 5.54 Å². The number of hydrogen-bond donors (Lipinski definition) is 0. The van der Waals surface area contributed by atoms with Crippen LogP contribution in [0, 0.1) is 0 Å². The van der Waals surface area contributed by atoms with Gasteiger partial charge in [-0.05, 0) is 12.8 Å². The van der Waals surface area contributed by atoms with Crippen molar-refractivity contribution in [2.75, 3.05) is 48.5 Å². The van der Waals surface area contributed by atoms with Crippen molar-refractivity contribution < 1.29 is 17.8 Å². The Kier molecular flexibility index (Phi) is 21.4. The molecule has 0 heterocycles. The van der Waals surface area contributed by atoms with Crippen LogP contribution in [0.3, 0.4) is 0 Å². The third-order valence-electron chi connectivity index (χ3n) is 7.34. The highest BCUT2D eigenvalue weighted by Crippen LogP contribution is 2.26. The third-order valence-corrected chi connectivity index (χ3v) is 10.4. The maximum absolute atomic E-state index is 5.67. The molecule has 0 aliphatic carbocycles. The number of nitrogens with zero attached hydrogens (tertiary/aromatic N) is 1. The van der Waals surface area contributed by atoms with Crippen LogP contribution in [0.15, 0.2) is 0 Å². The Hall–Kier alpha value is 0.0569. The van der Waals surface area contributed by atoms with E-state index in [-0.39, 0.29) is 0 Å². The van der Waals surface area contributed by atoms with Crippen LogP contribution in [0.5, 0.6) is 0 Å². The fourth-order valence-corrected chi connectivity index (χ4v) is 7.66. The average molecular weight is 489 g/mol. The molecule has 1 unspecified atom stereocenters. The van der Waals surface area contributed by atoms with Gasteiger partial charge in [0.1, 0.15) is 0 Å². The van der Waals surface area contributed by atoms with Crippen molar-refractivity contribution in [3.05, 3.63) is 0 Å². The molecular weight excluding hydrogens is 426 g/mol. The molecular formula is C28H62NO3Si+. The first kappa shape index (κ1) is 33.1. The third kappa shape index (κ3) is 17.2. The monoisotopic (exact) mass is 488 g/mol. The molecule has 5 heteroatoms. The minimum Gasteiger partial charge on any atom is -0.377 e. The number of rotatable bonds is 25. The largest absolute Gasteiger partial charge is 0.508 e. The summed E-state index contributed by atoms with van der Waals surface area (Å²) in [5.74, 6) is 0. The Morgan fingerprint density at radius 3 is 1.15 bits per heavy atom. The summed E-state index contributed by atoms with van der Waals surface area (Å²) in [6, 6.07) is 0. The van der Waals surface area contributed by atoms with Crippen molar-refractivity contribution in [2.24, 2.45) is 0 Å². The van der Waals surface area contributed by atoms with E-state index < -0.39 is 8.80 Å². The summed E-state index contributed by atoms with van der Waals surface area (Å²) in [6.45, 7) is 6.74. The molecule has 0 bridgehead atoms. The summed E-state index contributed by atoms with van der Waals surface area (Å²) in [7, 11) is 7.25. The lowest BCUT2D eigenvalue weighted by atomic mass is 10.0. The highest BCUT2D eigenvalue weighted by molar-refractivity contribution is 6.62. The summed E-state index contributed by atoms with van der Waals surface area (Å²) in [5.41, 5.74) is 0.294. The van der Waals surface area contributed by atoms with E-state index in [1.807, 2.05) is 0 Å². The molecule has 0 aromatic heterocycles. The van der Waals surface area contributed by atoms with Gasteiger partial charge in [0.05, 0.1) is 32.7 Å². The molecule has 0 rings (SSSR count). The Morgan fingerprint density at radius 2 is 0.848 bits per heavy atom. The topological polar surface area (TPSA) is 27.7 Å². The molecule has 33 heavy (non-hydrogen) atoms. The standard InChI is InChI=1S/C28H62NO3Si/c1-8-9-10-11-12-13-14-15-16-17-18-19-20-21-22-23-24-25-26-29(3,4)27-28(2)33(30-5,31-6)32-7/h28H,8-27H2,1-7H3/q+1. The van der Waals surface area contributed by atoms with Crippen LogP contribution in [-0.4, -0.2) is 61.8 Å². The van der Waals surface area contributed by atoms with E-state index >= 15 is 0 Å². The van der Waals surface area contributed by atoms with Crippen molar-refractivity contribution in [1.29, 1.82) is 0 Å². The minimum absolute atomic E-state index is 0.294. The summed E-state index contributed by atoms with van der Waals surface area (Å²) >= 11 is 0. The van der Waals surface area contributed by atoms with Gasteiger partial charge in [-0.1, -0.05) is 117 Å². The maximum Gasteiger partial charge on any atom is 0.508 e. The summed E-state index contributed by atoms with van der Waals surface area (Å²) in [4.78, 5) is 0. The Balaban J connectivity index is 3.54. The van der Waals surface area contributed by atoms with E-state index in [1.54, 1.807) is 21.3 Å². The number of hydrogen-bond acceptors (Lipinski definition) is 3. The highest BCUT2D eigenvalue weighted by Gasteiger charge is 2.47. The Morgan fingerprint density at radius 1 is 0.545 bits per heavy atom. The summed E-state index contributed by atoms with van der Waals surface area (Å²) in [6.07, 6.45) is 25.7. The van der Waals surface area contributed by atoms with Crippen molar-refractivity contribution >= 4 is 8.80 Å². The minimum atomic E-state index is -2.54. The van der Waals surface area contributed by atoms with E-state index in [2.05, 4.69) is 27.9 Å². The van der Waals surface area contributed by atoms with Gasteiger partial charge in [-0.25, -0.2) is 0 Å². The van der Waals surface area contributed by atoms with Crippen LogP contribution in [0.2, 0.25) is 5.54 Å². The first-order valence-corrected chi connectivity index (χ1v) is 16.1. The molecule has 0 saturated heterocycles. The molecule has 0 spiro atoms. The molecule has 4 nitrogen and oxygen atoms in total. The first-order valence-electron chi connectivity index (χ1n) is 14.3. The summed E-state index contributed by atoms with van der Waals surface area (Å²) in [5, 5.41) is 0. The van der Waals surface area contributed by atoms with Gasteiger partial charge >= 0.3 is 8.80 Å². The van der Waals surface area contributed by atoms with E-state index in [0.717, 1.165) is 11.0 Å². The molecule has 0 aromatic rings. The SMILES string of the molecule is CCCCCCCCCCCCCCCCCCCC[N+](C)(C)CC(C)[Si](OC)(OC)OC. The molecule has 1 atom stereocenters. The smallest absolute Gasteiger partial charge is 0.377 e. The van der Waals surface area contributed by atoms with Gasteiger partial charge in [0.15, 0.2) is 0 Å². The lowest BCUT2D eigenvalue weighted by molar-refractivity contribution is -0.890. The fourth-order valence-electron chi connectivity index (χ4n) is 5.24. The maximum atomic E-state index is 5.67. The molecule has 0 aliphatic heterocycles. The summed E-state index contributed by atoms with van der Waals surface area (Å²) < 4.78 is 18.0.